The first-order valence-corrected chi connectivity index (χ1v) is 9.10. The zero-order valence-corrected chi connectivity index (χ0v) is 16.7. The molecule has 0 fully saturated rings. The molecule has 0 aliphatic heterocycles. The molecule has 0 spiro atoms. The van der Waals surface area contributed by atoms with Crippen molar-refractivity contribution in [2.24, 2.45) is 0 Å². The standard InChI is InChI=1S/C22H19N3O6/c1-30-17-7-3-5-14(11-17)21(26)23-16-9-10-20(25(28)29)19(13-16)24-22(27)15-6-4-8-18(12-15)31-2/h3-13H,1-2H3,(H,23,26)(H,24,27). The van der Waals surface area contributed by atoms with Gasteiger partial charge in [0, 0.05) is 22.9 Å². The van der Waals surface area contributed by atoms with Gasteiger partial charge < -0.3 is 20.1 Å². The van der Waals surface area contributed by atoms with Crippen molar-refractivity contribution in [1.82, 2.24) is 0 Å². The van der Waals surface area contributed by atoms with E-state index in [4.69, 9.17) is 9.47 Å². The molecular formula is C22H19N3O6. The molecule has 2 N–H and O–H groups in total. The van der Waals surface area contributed by atoms with Crippen molar-refractivity contribution in [1.29, 1.82) is 0 Å². The summed E-state index contributed by atoms with van der Waals surface area (Å²) in [5.41, 5.74) is 0.524. The Morgan fingerprint density at radius 2 is 1.35 bits per heavy atom. The van der Waals surface area contributed by atoms with Crippen LogP contribution in [0.4, 0.5) is 17.1 Å². The Morgan fingerprint density at radius 3 is 1.87 bits per heavy atom. The van der Waals surface area contributed by atoms with E-state index in [1.807, 2.05) is 0 Å². The quantitative estimate of drug-likeness (QED) is 0.437. The predicted molar refractivity (Wildman–Crippen MR) is 115 cm³/mol. The third kappa shape index (κ3) is 5.15. The van der Waals surface area contributed by atoms with Crippen molar-refractivity contribution < 1.29 is 24.0 Å². The van der Waals surface area contributed by atoms with Gasteiger partial charge in [-0.15, -0.1) is 0 Å². The first-order valence-electron chi connectivity index (χ1n) is 9.10. The number of nitro groups is 1. The molecule has 0 heterocycles. The number of nitro benzene ring substituents is 1. The van der Waals surface area contributed by atoms with Gasteiger partial charge in [-0.3, -0.25) is 19.7 Å². The zero-order valence-electron chi connectivity index (χ0n) is 16.7. The molecule has 9 heteroatoms. The van der Waals surface area contributed by atoms with E-state index < -0.39 is 16.7 Å². The van der Waals surface area contributed by atoms with E-state index in [2.05, 4.69) is 10.6 Å². The number of ether oxygens (including phenoxy) is 2. The number of hydrogen-bond acceptors (Lipinski definition) is 6. The second kappa shape index (κ2) is 9.40. The van der Waals surface area contributed by atoms with Gasteiger partial charge in [0.1, 0.15) is 17.2 Å². The lowest BCUT2D eigenvalue weighted by Gasteiger charge is -2.11. The van der Waals surface area contributed by atoms with Crippen molar-refractivity contribution in [3.8, 4) is 11.5 Å². The van der Waals surface area contributed by atoms with E-state index in [-0.39, 0.29) is 22.6 Å². The molecule has 0 saturated heterocycles. The number of hydrogen-bond donors (Lipinski definition) is 2. The van der Waals surface area contributed by atoms with Crippen LogP contribution in [0.25, 0.3) is 0 Å². The molecule has 0 aromatic heterocycles. The summed E-state index contributed by atoms with van der Waals surface area (Å²) in [5.74, 6) is 0.000131. The Bertz CT molecular complexity index is 1150. The van der Waals surface area contributed by atoms with E-state index in [1.54, 1.807) is 42.5 Å². The molecule has 0 aliphatic carbocycles. The van der Waals surface area contributed by atoms with E-state index in [0.717, 1.165) is 0 Å². The predicted octanol–water partition coefficient (Wildman–Crippen LogP) is 4.12. The van der Waals surface area contributed by atoms with E-state index in [1.165, 1.54) is 38.5 Å². The lowest BCUT2D eigenvalue weighted by Crippen LogP contribution is -2.15. The summed E-state index contributed by atoms with van der Waals surface area (Å²) >= 11 is 0. The highest BCUT2D eigenvalue weighted by atomic mass is 16.6. The van der Waals surface area contributed by atoms with Crippen molar-refractivity contribution in [3.05, 3.63) is 88.0 Å². The monoisotopic (exact) mass is 421 g/mol. The maximum absolute atomic E-state index is 12.6. The molecule has 0 saturated carbocycles. The molecule has 0 unspecified atom stereocenters. The number of carbonyl (C=O) groups is 2. The number of benzene rings is 3. The average molecular weight is 421 g/mol. The second-order valence-corrected chi connectivity index (χ2v) is 6.36. The number of anilines is 2. The minimum atomic E-state index is -0.616. The van der Waals surface area contributed by atoms with Crippen LogP contribution in [0.3, 0.4) is 0 Å². The highest BCUT2D eigenvalue weighted by molar-refractivity contribution is 6.07. The molecule has 0 atom stereocenters. The van der Waals surface area contributed by atoms with Crippen LogP contribution in [0.2, 0.25) is 0 Å². The number of amides is 2. The maximum atomic E-state index is 12.6. The summed E-state index contributed by atoms with van der Waals surface area (Å²) in [5, 5.41) is 16.6. The molecule has 0 aliphatic rings. The summed E-state index contributed by atoms with van der Waals surface area (Å²) in [6, 6.07) is 16.8. The summed E-state index contributed by atoms with van der Waals surface area (Å²) in [4.78, 5) is 35.9. The first-order chi connectivity index (χ1) is 14.9. The van der Waals surface area contributed by atoms with Gasteiger partial charge in [-0.1, -0.05) is 12.1 Å². The van der Waals surface area contributed by atoms with Gasteiger partial charge >= 0.3 is 0 Å². The molecule has 3 aromatic carbocycles. The van der Waals surface area contributed by atoms with Crippen LogP contribution in [-0.4, -0.2) is 31.0 Å². The Labute approximate surface area is 177 Å². The lowest BCUT2D eigenvalue weighted by atomic mass is 10.1. The van der Waals surface area contributed by atoms with Gasteiger partial charge in [-0.25, -0.2) is 0 Å². The van der Waals surface area contributed by atoms with Gasteiger partial charge in [0.05, 0.1) is 19.1 Å². The fourth-order valence-corrected chi connectivity index (χ4v) is 2.80. The molecular weight excluding hydrogens is 402 g/mol. The molecule has 0 bridgehead atoms. The van der Waals surface area contributed by atoms with Crippen LogP contribution in [0.1, 0.15) is 20.7 Å². The largest absolute Gasteiger partial charge is 0.497 e. The molecule has 3 rings (SSSR count). The van der Waals surface area contributed by atoms with Gasteiger partial charge in [0.25, 0.3) is 17.5 Å². The van der Waals surface area contributed by atoms with Crippen molar-refractivity contribution >= 4 is 28.9 Å². The Hall–Kier alpha value is -4.40. The topological polar surface area (TPSA) is 120 Å². The number of carbonyl (C=O) groups excluding carboxylic acids is 2. The summed E-state index contributed by atoms with van der Waals surface area (Å²) in [6.07, 6.45) is 0. The van der Waals surface area contributed by atoms with Crippen LogP contribution < -0.4 is 20.1 Å². The first kappa shape index (κ1) is 21.3. The molecule has 2 amide bonds. The Morgan fingerprint density at radius 1 is 0.806 bits per heavy atom. The van der Waals surface area contributed by atoms with Crippen molar-refractivity contribution in [3.63, 3.8) is 0 Å². The zero-order chi connectivity index (χ0) is 22.4. The molecule has 9 nitrogen and oxygen atoms in total. The summed E-state index contributed by atoms with van der Waals surface area (Å²) < 4.78 is 10.2. The van der Waals surface area contributed by atoms with Crippen LogP contribution in [-0.2, 0) is 0 Å². The summed E-state index contributed by atoms with van der Waals surface area (Å²) in [7, 11) is 2.96. The minimum absolute atomic E-state index is 0.0544. The molecule has 0 radical (unpaired) electrons. The maximum Gasteiger partial charge on any atom is 0.292 e. The van der Waals surface area contributed by atoms with Crippen LogP contribution in [0.5, 0.6) is 11.5 Å². The lowest BCUT2D eigenvalue weighted by molar-refractivity contribution is -0.383. The summed E-state index contributed by atoms with van der Waals surface area (Å²) in [6.45, 7) is 0. The van der Waals surface area contributed by atoms with Gasteiger partial charge in [0.15, 0.2) is 0 Å². The SMILES string of the molecule is COc1cccc(C(=O)Nc2ccc([N+](=O)[O-])c(NC(=O)c3cccc(OC)c3)c2)c1. The Kier molecular flexibility index (Phi) is 6.46. The van der Waals surface area contributed by atoms with Crippen LogP contribution >= 0.6 is 0 Å². The number of rotatable bonds is 7. The van der Waals surface area contributed by atoms with Gasteiger partial charge in [-0.05, 0) is 48.5 Å². The highest BCUT2D eigenvalue weighted by Gasteiger charge is 2.19. The molecule has 3 aromatic rings. The van der Waals surface area contributed by atoms with Crippen molar-refractivity contribution in [2.45, 2.75) is 0 Å². The fraction of sp³-hybridized carbons (Fsp3) is 0.0909. The van der Waals surface area contributed by atoms with Crippen molar-refractivity contribution in [2.75, 3.05) is 24.9 Å². The number of methoxy groups -OCH3 is 2. The van der Waals surface area contributed by atoms with Gasteiger partial charge in [0.2, 0.25) is 0 Å². The molecule has 31 heavy (non-hydrogen) atoms. The highest BCUT2D eigenvalue weighted by Crippen LogP contribution is 2.29. The van der Waals surface area contributed by atoms with E-state index in [9.17, 15) is 19.7 Å². The Balaban J connectivity index is 1.85. The minimum Gasteiger partial charge on any atom is -0.497 e. The third-order valence-corrected chi connectivity index (χ3v) is 4.36. The van der Waals surface area contributed by atoms with Gasteiger partial charge in [-0.2, -0.15) is 0 Å². The fourth-order valence-electron chi connectivity index (χ4n) is 2.80. The third-order valence-electron chi connectivity index (χ3n) is 4.36. The average Bonchev–Trinajstić information content (AvgIpc) is 2.79. The normalized spacial score (nSPS) is 10.1. The van der Waals surface area contributed by atoms with Crippen LogP contribution in [0.15, 0.2) is 66.7 Å². The second-order valence-electron chi connectivity index (χ2n) is 6.36. The van der Waals surface area contributed by atoms with E-state index >= 15 is 0 Å². The molecule has 158 valence electrons. The van der Waals surface area contributed by atoms with E-state index in [0.29, 0.717) is 17.1 Å². The smallest absolute Gasteiger partial charge is 0.292 e. The van der Waals surface area contributed by atoms with Crippen LogP contribution in [0, 0.1) is 10.1 Å². The number of nitrogens with zero attached hydrogens (tertiary/aromatic N) is 1. The number of nitrogens with one attached hydrogen (secondary N) is 2.